The molecule has 0 bridgehead atoms. The molecule has 6 nitrogen and oxygen atoms in total. The first-order chi connectivity index (χ1) is 9.58. The Bertz CT molecular complexity index is 490. The molecule has 2 fully saturated rings. The number of esters is 1. The monoisotopic (exact) mass is 280 g/mol. The van der Waals surface area contributed by atoms with Crippen LogP contribution >= 0.6 is 0 Å². The minimum absolute atomic E-state index is 0.0973. The van der Waals surface area contributed by atoms with Crippen molar-refractivity contribution in [3.63, 3.8) is 0 Å². The molecule has 0 unspecified atom stereocenters. The quantitative estimate of drug-likeness (QED) is 0.756. The number of benzene rings is 1. The number of fused-ring (bicyclic) bond motifs is 1. The Balaban J connectivity index is 1.63. The summed E-state index contributed by atoms with van der Waals surface area (Å²) in [5.41, 5.74) is -0.518. The van der Waals surface area contributed by atoms with Crippen molar-refractivity contribution in [2.75, 3.05) is 6.61 Å². The van der Waals surface area contributed by atoms with Crippen LogP contribution in [-0.4, -0.2) is 46.9 Å². The lowest BCUT2D eigenvalue weighted by Gasteiger charge is -2.39. The van der Waals surface area contributed by atoms with Crippen molar-refractivity contribution in [2.45, 2.75) is 37.1 Å². The van der Waals surface area contributed by atoms with E-state index < -0.39 is 30.1 Å². The van der Waals surface area contributed by atoms with Gasteiger partial charge >= 0.3 is 5.97 Å². The Morgan fingerprint density at radius 2 is 2.10 bits per heavy atom. The summed E-state index contributed by atoms with van der Waals surface area (Å²) >= 11 is 0. The second kappa shape index (κ2) is 5.14. The van der Waals surface area contributed by atoms with Crippen molar-refractivity contribution in [1.29, 1.82) is 0 Å². The minimum atomic E-state index is -1.46. The van der Waals surface area contributed by atoms with Gasteiger partial charge in [-0.1, -0.05) is 30.3 Å². The largest absolute Gasteiger partial charge is 0.456 e. The number of rotatable bonds is 3. The Hall–Kier alpha value is -1.47. The molecule has 2 N–H and O–H groups in total. The molecule has 0 radical (unpaired) electrons. The average Bonchev–Trinajstić information content (AvgIpc) is 2.75. The van der Waals surface area contributed by atoms with Crippen LogP contribution in [0.25, 0.3) is 0 Å². The summed E-state index contributed by atoms with van der Waals surface area (Å²) in [6.45, 7) is 0.168. The van der Waals surface area contributed by atoms with Crippen LogP contribution in [0.15, 0.2) is 30.3 Å². The molecule has 0 aromatic heterocycles. The van der Waals surface area contributed by atoms with Gasteiger partial charge in [-0.25, -0.2) is 0 Å². The summed E-state index contributed by atoms with van der Waals surface area (Å²) in [6.07, 6.45) is -3.29. The van der Waals surface area contributed by atoms with E-state index in [1.54, 1.807) is 0 Å². The van der Waals surface area contributed by atoms with Crippen LogP contribution in [0.1, 0.15) is 12.0 Å². The second-order valence-electron chi connectivity index (χ2n) is 5.16. The van der Waals surface area contributed by atoms with Gasteiger partial charge in [-0.05, 0) is 5.56 Å². The molecule has 3 rings (SSSR count). The van der Waals surface area contributed by atoms with Crippen LogP contribution in [0.4, 0.5) is 0 Å². The fourth-order valence-corrected chi connectivity index (χ4v) is 2.53. The smallest absolute Gasteiger partial charge is 0.309 e. The molecule has 1 aromatic rings. The lowest BCUT2D eigenvalue weighted by Crippen LogP contribution is -2.59. The standard InChI is InChI=1S/C14H16O6/c15-10-6-14(17)8-19-13(11(16)12(14)20-10)18-7-9-4-2-1-3-5-9/h1-5,11-13,16-17H,6-8H2/t11-,12-,13-,14-/m0/s1. The third-order valence-corrected chi connectivity index (χ3v) is 3.58. The first-order valence-corrected chi connectivity index (χ1v) is 6.45. The van der Waals surface area contributed by atoms with E-state index in [9.17, 15) is 15.0 Å². The number of carbonyl (C=O) groups excluding carboxylic acids is 1. The molecule has 4 atom stereocenters. The number of aliphatic hydroxyl groups excluding tert-OH is 1. The Morgan fingerprint density at radius 3 is 2.85 bits per heavy atom. The first-order valence-electron chi connectivity index (χ1n) is 6.45. The Kier molecular flexibility index (Phi) is 3.47. The van der Waals surface area contributed by atoms with Gasteiger partial charge in [0.1, 0.15) is 11.7 Å². The van der Waals surface area contributed by atoms with Gasteiger partial charge in [0.05, 0.1) is 19.6 Å². The van der Waals surface area contributed by atoms with Gasteiger partial charge in [0, 0.05) is 0 Å². The van der Waals surface area contributed by atoms with Gasteiger partial charge in [-0.2, -0.15) is 0 Å². The third-order valence-electron chi connectivity index (χ3n) is 3.58. The summed E-state index contributed by atoms with van der Waals surface area (Å²) in [4.78, 5) is 11.3. The molecule has 0 saturated carbocycles. The molecule has 2 aliphatic rings. The highest BCUT2D eigenvalue weighted by Gasteiger charge is 2.57. The summed E-state index contributed by atoms with van der Waals surface area (Å²) in [5.74, 6) is -0.538. The minimum Gasteiger partial charge on any atom is -0.456 e. The van der Waals surface area contributed by atoms with Gasteiger partial charge in [0.15, 0.2) is 12.4 Å². The summed E-state index contributed by atoms with van der Waals surface area (Å²) in [5, 5.41) is 20.3. The third kappa shape index (κ3) is 2.43. The molecule has 0 aliphatic carbocycles. The van der Waals surface area contributed by atoms with Gasteiger partial charge in [0.2, 0.25) is 0 Å². The van der Waals surface area contributed by atoms with E-state index in [2.05, 4.69) is 0 Å². The zero-order valence-corrected chi connectivity index (χ0v) is 10.8. The van der Waals surface area contributed by atoms with Gasteiger partial charge in [-0.15, -0.1) is 0 Å². The van der Waals surface area contributed by atoms with Crippen LogP contribution < -0.4 is 0 Å². The van der Waals surface area contributed by atoms with Gasteiger partial charge in [0.25, 0.3) is 0 Å². The maximum Gasteiger partial charge on any atom is 0.309 e. The van der Waals surface area contributed by atoms with Crippen molar-refractivity contribution in [3.05, 3.63) is 35.9 Å². The summed E-state index contributed by atoms with van der Waals surface area (Å²) in [6, 6.07) is 9.44. The molecular weight excluding hydrogens is 264 g/mol. The van der Waals surface area contributed by atoms with Crippen LogP contribution in [0.3, 0.4) is 0 Å². The van der Waals surface area contributed by atoms with Crippen LogP contribution in [0, 0.1) is 0 Å². The van der Waals surface area contributed by atoms with Crippen molar-refractivity contribution in [3.8, 4) is 0 Å². The number of hydrogen-bond donors (Lipinski definition) is 2. The second-order valence-corrected chi connectivity index (χ2v) is 5.16. The first kappa shape index (κ1) is 13.5. The topological polar surface area (TPSA) is 85.2 Å². The SMILES string of the molecule is O=C1C[C@]2(O)CO[C@H](OCc3ccccc3)[C@@H](O)[C@@H]2O1. The highest BCUT2D eigenvalue weighted by molar-refractivity contribution is 5.74. The normalized spacial score (nSPS) is 36.5. The molecule has 2 aliphatic heterocycles. The van der Waals surface area contributed by atoms with Gasteiger partial charge < -0.3 is 24.4 Å². The lowest BCUT2D eigenvalue weighted by atomic mass is 9.90. The molecule has 6 heteroatoms. The fraction of sp³-hybridized carbons (Fsp3) is 0.500. The van der Waals surface area contributed by atoms with E-state index in [4.69, 9.17) is 14.2 Å². The Labute approximate surface area is 115 Å². The number of carbonyl (C=O) groups is 1. The highest BCUT2D eigenvalue weighted by atomic mass is 16.7. The van der Waals surface area contributed by atoms with E-state index in [-0.39, 0.29) is 19.6 Å². The van der Waals surface area contributed by atoms with E-state index in [0.29, 0.717) is 0 Å². The van der Waals surface area contributed by atoms with Crippen molar-refractivity contribution < 1.29 is 29.2 Å². The van der Waals surface area contributed by atoms with Crippen molar-refractivity contribution in [2.24, 2.45) is 0 Å². The zero-order chi connectivity index (χ0) is 14.2. The van der Waals surface area contributed by atoms with Crippen LogP contribution in [-0.2, 0) is 25.6 Å². The zero-order valence-electron chi connectivity index (χ0n) is 10.8. The molecule has 0 spiro atoms. The maximum atomic E-state index is 11.3. The highest BCUT2D eigenvalue weighted by Crippen LogP contribution is 2.35. The molecule has 20 heavy (non-hydrogen) atoms. The van der Waals surface area contributed by atoms with E-state index in [0.717, 1.165) is 5.56 Å². The average molecular weight is 280 g/mol. The summed E-state index contributed by atoms with van der Waals surface area (Å²) in [7, 11) is 0. The number of aliphatic hydroxyl groups is 2. The van der Waals surface area contributed by atoms with E-state index in [1.807, 2.05) is 30.3 Å². The lowest BCUT2D eigenvalue weighted by molar-refractivity contribution is -0.288. The molecule has 0 amide bonds. The molecule has 2 saturated heterocycles. The Morgan fingerprint density at radius 1 is 1.35 bits per heavy atom. The van der Waals surface area contributed by atoms with Crippen molar-refractivity contribution in [1.82, 2.24) is 0 Å². The van der Waals surface area contributed by atoms with Crippen LogP contribution in [0.5, 0.6) is 0 Å². The van der Waals surface area contributed by atoms with E-state index >= 15 is 0 Å². The fourth-order valence-electron chi connectivity index (χ4n) is 2.53. The van der Waals surface area contributed by atoms with Gasteiger partial charge in [-0.3, -0.25) is 4.79 Å². The van der Waals surface area contributed by atoms with Crippen molar-refractivity contribution >= 4 is 5.97 Å². The molecule has 2 heterocycles. The van der Waals surface area contributed by atoms with Crippen LogP contribution in [0.2, 0.25) is 0 Å². The molecular formula is C14H16O6. The molecule has 108 valence electrons. The maximum absolute atomic E-state index is 11.3. The summed E-state index contributed by atoms with van der Waals surface area (Å²) < 4.78 is 15.8. The predicted molar refractivity (Wildman–Crippen MR) is 66.4 cm³/mol. The van der Waals surface area contributed by atoms with E-state index in [1.165, 1.54) is 0 Å². The number of hydrogen-bond acceptors (Lipinski definition) is 6. The molecule has 1 aromatic carbocycles. The number of ether oxygens (including phenoxy) is 3. The predicted octanol–water partition coefficient (Wildman–Crippen LogP) is -0.0330.